The van der Waals surface area contributed by atoms with E-state index in [0.717, 1.165) is 4.88 Å². The van der Waals surface area contributed by atoms with Gasteiger partial charge >= 0.3 is 0 Å². The number of nitrogens with zero attached hydrogens (tertiary/aromatic N) is 1. The van der Waals surface area contributed by atoms with Crippen LogP contribution in [0.25, 0.3) is 0 Å². The van der Waals surface area contributed by atoms with Crippen molar-refractivity contribution in [2.45, 2.75) is 6.10 Å². The first-order valence-electron chi connectivity index (χ1n) is 5.04. The fourth-order valence-electron chi connectivity index (χ4n) is 1.56. The summed E-state index contributed by atoms with van der Waals surface area (Å²) in [5.41, 5.74) is 2.40. The van der Waals surface area contributed by atoms with Crippen molar-refractivity contribution in [3.8, 4) is 11.5 Å². The Labute approximate surface area is 103 Å². The first-order valence-corrected chi connectivity index (χ1v) is 5.92. The molecule has 5 heteroatoms. The van der Waals surface area contributed by atoms with E-state index in [1.807, 2.05) is 0 Å². The minimum Gasteiger partial charge on any atom is -0.497 e. The largest absolute Gasteiger partial charge is 0.497 e. The van der Waals surface area contributed by atoms with Gasteiger partial charge in [0, 0.05) is 17.8 Å². The van der Waals surface area contributed by atoms with Crippen LogP contribution in [0.1, 0.15) is 16.5 Å². The quantitative estimate of drug-likeness (QED) is 0.905. The second-order valence-corrected chi connectivity index (χ2v) is 4.33. The zero-order chi connectivity index (χ0) is 12.3. The van der Waals surface area contributed by atoms with E-state index >= 15 is 0 Å². The molecule has 1 N–H and O–H groups in total. The molecule has 0 saturated carbocycles. The van der Waals surface area contributed by atoms with Gasteiger partial charge < -0.3 is 14.6 Å². The fraction of sp³-hybridized carbons (Fsp3) is 0.250. The van der Waals surface area contributed by atoms with Crippen LogP contribution in [0.4, 0.5) is 0 Å². The minimum absolute atomic E-state index is 0.602. The van der Waals surface area contributed by atoms with E-state index in [9.17, 15) is 5.11 Å². The molecule has 0 fully saturated rings. The molecule has 4 nitrogen and oxygen atoms in total. The molecule has 17 heavy (non-hydrogen) atoms. The molecule has 0 aliphatic heterocycles. The molecular weight excluding hydrogens is 238 g/mol. The topological polar surface area (TPSA) is 51.6 Å². The van der Waals surface area contributed by atoms with Gasteiger partial charge in [-0.15, -0.1) is 11.3 Å². The van der Waals surface area contributed by atoms with Gasteiger partial charge in [-0.25, -0.2) is 0 Å². The molecule has 90 valence electrons. The lowest BCUT2D eigenvalue weighted by atomic mass is 10.1. The molecule has 1 atom stereocenters. The van der Waals surface area contributed by atoms with Crippen molar-refractivity contribution in [2.75, 3.05) is 14.2 Å². The average molecular weight is 251 g/mol. The lowest BCUT2D eigenvalue weighted by molar-refractivity contribution is 0.218. The molecule has 2 aromatic rings. The summed E-state index contributed by atoms with van der Waals surface area (Å²) in [7, 11) is 3.16. The molecule has 1 heterocycles. The Morgan fingerprint density at radius 2 is 2.12 bits per heavy atom. The van der Waals surface area contributed by atoms with Gasteiger partial charge in [0.25, 0.3) is 0 Å². The fourth-order valence-corrected chi connectivity index (χ4v) is 2.18. The van der Waals surface area contributed by atoms with Gasteiger partial charge in [-0.1, -0.05) is 0 Å². The van der Waals surface area contributed by atoms with Crippen molar-refractivity contribution in [2.24, 2.45) is 0 Å². The normalized spacial score (nSPS) is 12.2. The summed E-state index contributed by atoms with van der Waals surface area (Å²) in [4.78, 5) is 4.74. The number of thiazole rings is 1. The van der Waals surface area contributed by atoms with Crippen molar-refractivity contribution >= 4 is 11.3 Å². The van der Waals surface area contributed by atoms with Crippen LogP contribution in [-0.2, 0) is 0 Å². The van der Waals surface area contributed by atoms with Crippen LogP contribution < -0.4 is 9.47 Å². The second-order valence-electron chi connectivity index (χ2n) is 3.41. The van der Waals surface area contributed by atoms with Crippen molar-refractivity contribution in [1.82, 2.24) is 4.98 Å². The number of hydrogen-bond acceptors (Lipinski definition) is 5. The number of benzene rings is 1. The lowest BCUT2D eigenvalue weighted by Gasteiger charge is -2.14. The lowest BCUT2D eigenvalue weighted by Crippen LogP contribution is -2.01. The highest BCUT2D eigenvalue weighted by atomic mass is 32.1. The minimum atomic E-state index is -0.719. The van der Waals surface area contributed by atoms with Crippen LogP contribution in [0.2, 0.25) is 0 Å². The predicted octanol–water partition coefficient (Wildman–Crippen LogP) is 2.24. The molecule has 1 unspecified atom stereocenters. The molecule has 1 aromatic carbocycles. The highest BCUT2D eigenvalue weighted by Crippen LogP contribution is 2.33. The Balaban J connectivity index is 2.38. The van der Waals surface area contributed by atoms with Crippen LogP contribution >= 0.6 is 11.3 Å². The summed E-state index contributed by atoms with van der Waals surface area (Å²) in [6, 6.07) is 5.34. The van der Waals surface area contributed by atoms with Gasteiger partial charge in [0.15, 0.2) is 0 Å². The monoisotopic (exact) mass is 251 g/mol. The Bertz CT molecular complexity index is 485. The molecule has 0 radical (unpaired) electrons. The van der Waals surface area contributed by atoms with Crippen LogP contribution in [0.5, 0.6) is 11.5 Å². The van der Waals surface area contributed by atoms with E-state index in [2.05, 4.69) is 4.98 Å². The first kappa shape index (κ1) is 11.9. The van der Waals surface area contributed by atoms with Gasteiger partial charge in [0.05, 0.1) is 24.6 Å². The number of rotatable bonds is 4. The summed E-state index contributed by atoms with van der Waals surface area (Å²) in [5.74, 6) is 1.30. The Morgan fingerprint density at radius 1 is 1.29 bits per heavy atom. The van der Waals surface area contributed by atoms with Crippen LogP contribution in [0.3, 0.4) is 0 Å². The van der Waals surface area contributed by atoms with Crippen LogP contribution in [0, 0.1) is 0 Å². The molecule has 0 amide bonds. The first-order chi connectivity index (χ1) is 8.26. The third-order valence-electron chi connectivity index (χ3n) is 2.46. The van der Waals surface area contributed by atoms with Crippen LogP contribution in [-0.4, -0.2) is 24.3 Å². The SMILES string of the molecule is COc1ccc(C(O)c2cncs2)c(OC)c1. The Morgan fingerprint density at radius 3 is 2.71 bits per heavy atom. The molecular formula is C12H13NO3S. The summed E-state index contributed by atoms with van der Waals surface area (Å²) in [6.07, 6.45) is 0.933. The summed E-state index contributed by atoms with van der Waals surface area (Å²) >= 11 is 1.41. The second kappa shape index (κ2) is 5.16. The maximum atomic E-state index is 10.2. The number of aromatic nitrogens is 1. The molecule has 0 saturated heterocycles. The average Bonchev–Trinajstić information content (AvgIpc) is 2.91. The number of methoxy groups -OCH3 is 2. The van der Waals surface area contributed by atoms with E-state index in [4.69, 9.17) is 9.47 Å². The molecule has 0 bridgehead atoms. The van der Waals surface area contributed by atoms with Crippen molar-refractivity contribution in [1.29, 1.82) is 0 Å². The van der Waals surface area contributed by atoms with Crippen molar-refractivity contribution in [3.05, 3.63) is 40.3 Å². The van der Waals surface area contributed by atoms with E-state index in [1.54, 1.807) is 44.1 Å². The van der Waals surface area contributed by atoms with Gasteiger partial charge in [-0.05, 0) is 12.1 Å². The number of ether oxygens (including phenoxy) is 2. The molecule has 1 aromatic heterocycles. The van der Waals surface area contributed by atoms with E-state index < -0.39 is 6.10 Å². The standard InChI is InChI=1S/C12H13NO3S/c1-15-8-3-4-9(10(5-8)16-2)12(14)11-6-13-7-17-11/h3-7,12,14H,1-2H3. The zero-order valence-corrected chi connectivity index (χ0v) is 10.4. The van der Waals surface area contributed by atoms with Gasteiger partial charge in [-0.3, -0.25) is 4.98 Å². The zero-order valence-electron chi connectivity index (χ0n) is 9.58. The number of hydrogen-bond donors (Lipinski definition) is 1. The van der Waals surface area contributed by atoms with Gasteiger partial charge in [-0.2, -0.15) is 0 Å². The highest BCUT2D eigenvalue weighted by molar-refractivity contribution is 7.09. The van der Waals surface area contributed by atoms with Gasteiger partial charge in [0.2, 0.25) is 0 Å². The summed E-state index contributed by atoms with van der Waals surface area (Å²) in [5, 5.41) is 10.2. The summed E-state index contributed by atoms with van der Waals surface area (Å²) < 4.78 is 10.4. The van der Waals surface area contributed by atoms with Crippen LogP contribution in [0.15, 0.2) is 29.9 Å². The molecule has 2 rings (SSSR count). The smallest absolute Gasteiger partial charge is 0.128 e. The molecule has 0 aliphatic rings. The number of aliphatic hydroxyl groups is 1. The maximum Gasteiger partial charge on any atom is 0.128 e. The Kier molecular flexibility index (Phi) is 3.61. The summed E-state index contributed by atoms with van der Waals surface area (Å²) in [6.45, 7) is 0. The van der Waals surface area contributed by atoms with E-state index in [0.29, 0.717) is 17.1 Å². The van der Waals surface area contributed by atoms with E-state index in [1.165, 1.54) is 11.3 Å². The predicted molar refractivity (Wildman–Crippen MR) is 65.7 cm³/mol. The highest BCUT2D eigenvalue weighted by Gasteiger charge is 2.17. The van der Waals surface area contributed by atoms with Crippen molar-refractivity contribution < 1.29 is 14.6 Å². The molecule has 0 aliphatic carbocycles. The Hall–Kier alpha value is -1.59. The third kappa shape index (κ3) is 2.40. The maximum absolute atomic E-state index is 10.2. The molecule has 0 spiro atoms. The van der Waals surface area contributed by atoms with E-state index in [-0.39, 0.29) is 0 Å². The third-order valence-corrected chi connectivity index (χ3v) is 3.28. The number of aliphatic hydroxyl groups excluding tert-OH is 1. The van der Waals surface area contributed by atoms with Crippen molar-refractivity contribution in [3.63, 3.8) is 0 Å². The van der Waals surface area contributed by atoms with Gasteiger partial charge in [0.1, 0.15) is 17.6 Å².